The van der Waals surface area contributed by atoms with E-state index >= 15 is 0 Å². The number of aliphatic hydroxyl groups excluding tert-OH is 1. The van der Waals surface area contributed by atoms with Crippen molar-refractivity contribution in [2.75, 3.05) is 0 Å². The monoisotopic (exact) mass is 328 g/mol. The Morgan fingerprint density at radius 1 is 0.826 bits per heavy atom. The Morgan fingerprint density at radius 2 is 1.26 bits per heavy atom. The summed E-state index contributed by atoms with van der Waals surface area (Å²) in [6.45, 7) is 11.1. The average molecular weight is 329 g/mol. The molecule has 2 nitrogen and oxygen atoms in total. The molecule has 0 aromatic heterocycles. The first kappa shape index (κ1) is 17.9. The van der Waals surface area contributed by atoms with Crippen LogP contribution in [0.5, 0.6) is 0 Å². The molecular formula is C20H28O2Si. The minimum atomic E-state index is -2.01. The minimum Gasteiger partial charge on any atom is -0.407 e. The van der Waals surface area contributed by atoms with Gasteiger partial charge >= 0.3 is 0 Å². The highest BCUT2D eigenvalue weighted by molar-refractivity contribution is 6.74. The molecule has 2 aromatic rings. The largest absolute Gasteiger partial charge is 0.407 e. The molecule has 0 unspecified atom stereocenters. The Balaban J connectivity index is 2.37. The van der Waals surface area contributed by atoms with E-state index in [0.29, 0.717) is 0 Å². The molecule has 0 fully saturated rings. The lowest BCUT2D eigenvalue weighted by atomic mass is 9.98. The SMILES string of the molecule is CC(C)(C)[Si](C)(C)O[C@@H](c1ccccc1)[C@H](O)c1ccccc1. The summed E-state index contributed by atoms with van der Waals surface area (Å²) in [5.74, 6) is 0. The maximum absolute atomic E-state index is 11.0. The van der Waals surface area contributed by atoms with Crippen LogP contribution in [0.3, 0.4) is 0 Å². The van der Waals surface area contributed by atoms with Crippen molar-refractivity contribution < 1.29 is 9.53 Å². The first-order valence-corrected chi connectivity index (χ1v) is 11.1. The fourth-order valence-corrected chi connectivity index (χ4v) is 3.53. The highest BCUT2D eigenvalue weighted by Gasteiger charge is 2.41. The quantitative estimate of drug-likeness (QED) is 0.736. The van der Waals surface area contributed by atoms with Gasteiger partial charge in [0.2, 0.25) is 0 Å². The molecule has 3 heteroatoms. The lowest BCUT2D eigenvalue weighted by Crippen LogP contribution is -2.42. The highest BCUT2D eigenvalue weighted by atomic mass is 28.4. The van der Waals surface area contributed by atoms with E-state index in [4.69, 9.17) is 4.43 Å². The van der Waals surface area contributed by atoms with Crippen LogP contribution in [-0.2, 0) is 4.43 Å². The Kier molecular flexibility index (Phi) is 5.45. The summed E-state index contributed by atoms with van der Waals surface area (Å²) in [5, 5.41) is 11.1. The van der Waals surface area contributed by atoms with Gasteiger partial charge in [-0.15, -0.1) is 0 Å². The Hall–Kier alpha value is -1.42. The first-order valence-electron chi connectivity index (χ1n) is 8.18. The smallest absolute Gasteiger partial charge is 0.193 e. The molecule has 1 N–H and O–H groups in total. The molecule has 124 valence electrons. The molecule has 2 rings (SSSR count). The number of rotatable bonds is 5. The van der Waals surface area contributed by atoms with Gasteiger partial charge in [0.15, 0.2) is 8.32 Å². The van der Waals surface area contributed by atoms with Crippen molar-refractivity contribution in [2.24, 2.45) is 0 Å². The summed E-state index contributed by atoms with van der Waals surface area (Å²) >= 11 is 0. The van der Waals surface area contributed by atoms with Crippen LogP contribution < -0.4 is 0 Å². The van der Waals surface area contributed by atoms with Gasteiger partial charge < -0.3 is 9.53 Å². The van der Waals surface area contributed by atoms with Gasteiger partial charge in [0.05, 0.1) is 0 Å². The Bertz CT molecular complexity index is 603. The van der Waals surface area contributed by atoms with Crippen LogP contribution in [-0.4, -0.2) is 13.4 Å². The minimum absolute atomic E-state index is 0.0937. The summed E-state index contributed by atoms with van der Waals surface area (Å²) in [6, 6.07) is 19.8. The zero-order valence-corrected chi connectivity index (χ0v) is 15.8. The van der Waals surface area contributed by atoms with E-state index < -0.39 is 14.4 Å². The van der Waals surface area contributed by atoms with Crippen LogP contribution in [0.1, 0.15) is 44.1 Å². The number of aliphatic hydroxyl groups is 1. The standard InChI is InChI=1S/C20H28O2Si/c1-20(2,3)23(4,5)22-19(17-14-10-7-11-15-17)18(21)16-12-8-6-9-13-16/h6-15,18-19,21H,1-5H3/t18-,19+/m1/s1. The van der Waals surface area contributed by atoms with E-state index in [9.17, 15) is 5.11 Å². The highest BCUT2D eigenvalue weighted by Crippen LogP contribution is 2.43. The van der Waals surface area contributed by atoms with Crippen LogP contribution in [0.25, 0.3) is 0 Å². The maximum Gasteiger partial charge on any atom is 0.193 e. The number of hydrogen-bond acceptors (Lipinski definition) is 2. The first-order chi connectivity index (χ1) is 10.7. The van der Waals surface area contributed by atoms with Gasteiger partial charge in [-0.25, -0.2) is 0 Å². The second-order valence-electron chi connectivity index (χ2n) is 7.56. The predicted octanol–water partition coefficient (Wildman–Crippen LogP) is 5.48. The van der Waals surface area contributed by atoms with E-state index in [0.717, 1.165) is 11.1 Å². The maximum atomic E-state index is 11.0. The molecule has 0 aliphatic rings. The van der Waals surface area contributed by atoms with Gasteiger partial charge in [0, 0.05) is 0 Å². The summed E-state index contributed by atoms with van der Waals surface area (Å²) in [5.41, 5.74) is 1.91. The molecular weight excluding hydrogens is 300 g/mol. The Morgan fingerprint density at radius 3 is 1.70 bits per heavy atom. The lowest BCUT2D eigenvalue weighted by Gasteiger charge is -2.40. The molecule has 23 heavy (non-hydrogen) atoms. The molecule has 0 radical (unpaired) electrons. The van der Waals surface area contributed by atoms with Crippen LogP contribution in [0.4, 0.5) is 0 Å². The zero-order chi connectivity index (χ0) is 17.1. The van der Waals surface area contributed by atoms with Gasteiger partial charge in [-0.3, -0.25) is 0 Å². The lowest BCUT2D eigenvalue weighted by molar-refractivity contribution is 0.0253. The molecule has 0 amide bonds. The summed E-state index contributed by atoms with van der Waals surface area (Å²) in [4.78, 5) is 0. The third-order valence-corrected chi connectivity index (χ3v) is 9.24. The van der Waals surface area contributed by atoms with Crippen molar-refractivity contribution in [2.45, 2.75) is 51.1 Å². The normalized spacial score (nSPS) is 15.2. The number of hydrogen-bond donors (Lipinski definition) is 1. The van der Waals surface area contributed by atoms with Crippen molar-refractivity contribution in [3.05, 3.63) is 71.8 Å². The molecule has 0 aliphatic carbocycles. The van der Waals surface area contributed by atoms with Gasteiger partial charge in [-0.1, -0.05) is 81.4 Å². The van der Waals surface area contributed by atoms with E-state index in [1.807, 2.05) is 60.7 Å². The van der Waals surface area contributed by atoms with Gasteiger partial charge in [-0.2, -0.15) is 0 Å². The van der Waals surface area contributed by atoms with Gasteiger partial charge in [0.1, 0.15) is 12.2 Å². The molecule has 0 saturated heterocycles. The van der Waals surface area contributed by atoms with Crippen LogP contribution in [0.15, 0.2) is 60.7 Å². The van der Waals surface area contributed by atoms with Crippen LogP contribution in [0.2, 0.25) is 18.1 Å². The van der Waals surface area contributed by atoms with Gasteiger partial charge in [0.25, 0.3) is 0 Å². The summed E-state index contributed by atoms with van der Waals surface area (Å²) in [7, 11) is -2.01. The third kappa shape index (κ3) is 4.31. The second kappa shape index (κ2) is 6.99. The average Bonchev–Trinajstić information content (AvgIpc) is 2.52. The van der Waals surface area contributed by atoms with E-state index in [2.05, 4.69) is 33.9 Å². The topological polar surface area (TPSA) is 29.5 Å². The van der Waals surface area contributed by atoms with E-state index in [-0.39, 0.29) is 11.1 Å². The predicted molar refractivity (Wildman–Crippen MR) is 98.9 cm³/mol. The van der Waals surface area contributed by atoms with E-state index in [1.165, 1.54) is 0 Å². The summed E-state index contributed by atoms with van der Waals surface area (Å²) in [6.07, 6.45) is -1.02. The third-order valence-electron chi connectivity index (χ3n) is 4.78. The molecule has 0 bridgehead atoms. The van der Waals surface area contributed by atoms with Crippen molar-refractivity contribution >= 4 is 8.32 Å². The van der Waals surface area contributed by atoms with Crippen LogP contribution in [0, 0.1) is 0 Å². The molecule has 0 spiro atoms. The molecule has 0 heterocycles. The Labute approximate surface area is 141 Å². The summed E-state index contributed by atoms with van der Waals surface area (Å²) < 4.78 is 6.59. The van der Waals surface area contributed by atoms with E-state index in [1.54, 1.807) is 0 Å². The molecule has 2 atom stereocenters. The van der Waals surface area contributed by atoms with Crippen molar-refractivity contribution in [1.29, 1.82) is 0 Å². The van der Waals surface area contributed by atoms with Crippen LogP contribution >= 0.6 is 0 Å². The zero-order valence-electron chi connectivity index (χ0n) is 14.8. The fraction of sp³-hybridized carbons (Fsp3) is 0.400. The fourth-order valence-electron chi connectivity index (χ4n) is 2.28. The second-order valence-corrected chi connectivity index (χ2v) is 12.3. The number of benzene rings is 2. The van der Waals surface area contributed by atoms with Crippen molar-refractivity contribution in [3.63, 3.8) is 0 Å². The van der Waals surface area contributed by atoms with Crippen molar-refractivity contribution in [3.8, 4) is 0 Å². The van der Waals surface area contributed by atoms with Crippen molar-refractivity contribution in [1.82, 2.24) is 0 Å². The van der Waals surface area contributed by atoms with Gasteiger partial charge in [-0.05, 0) is 29.3 Å². The molecule has 2 aromatic carbocycles. The molecule has 0 saturated carbocycles. The molecule has 0 aliphatic heterocycles.